The van der Waals surface area contributed by atoms with Crippen LogP contribution in [0.25, 0.3) is 0 Å². The first kappa shape index (κ1) is 30.6. The molecule has 5 rings (SSSR count). The van der Waals surface area contributed by atoms with Gasteiger partial charge in [-0.3, -0.25) is 29.1 Å². The molecule has 2 aliphatic rings. The van der Waals surface area contributed by atoms with E-state index < -0.39 is 66.2 Å². The van der Waals surface area contributed by atoms with Crippen molar-refractivity contribution in [1.82, 2.24) is 15.2 Å². The summed E-state index contributed by atoms with van der Waals surface area (Å²) in [6.07, 6.45) is 0.107. The fourth-order valence-corrected chi connectivity index (χ4v) is 5.59. The van der Waals surface area contributed by atoms with Gasteiger partial charge < -0.3 is 5.32 Å². The molecular formula is C31H28F4N6O3. The maximum absolute atomic E-state index is 14.7. The van der Waals surface area contributed by atoms with Gasteiger partial charge in [0.1, 0.15) is 29.5 Å². The van der Waals surface area contributed by atoms with Crippen LogP contribution in [-0.2, 0) is 14.4 Å². The summed E-state index contributed by atoms with van der Waals surface area (Å²) < 4.78 is 56.7. The van der Waals surface area contributed by atoms with E-state index in [9.17, 15) is 37.2 Å². The number of amides is 3. The molecule has 2 aromatic carbocycles. The molecule has 228 valence electrons. The zero-order chi connectivity index (χ0) is 31.8. The number of hydrogen-bond acceptors (Lipinski definition) is 6. The molecule has 1 unspecified atom stereocenters. The standard InChI is InChI=1S/C31H28F4N6O3/c1-18-5-3-4-6-24(18)28(29(43)38-22-13-31(34,35)14-22)40(23-11-20(32)10-21(33)12-23)30(44)25-16-39(2)17-27(42)41(25)26-9-19(15-36)7-8-37-26/h3-12,22,25,28H,13-14,16-17H2,1-2H3,(H,38,43)/t25-,28?/m0/s1. The summed E-state index contributed by atoms with van der Waals surface area (Å²) in [7, 11) is 1.60. The number of carbonyl (C=O) groups excluding carboxylic acids is 3. The van der Waals surface area contributed by atoms with Gasteiger partial charge in [0, 0.05) is 37.7 Å². The zero-order valence-electron chi connectivity index (χ0n) is 23.8. The van der Waals surface area contributed by atoms with Crippen molar-refractivity contribution in [2.75, 3.05) is 29.9 Å². The molecule has 2 atom stereocenters. The largest absolute Gasteiger partial charge is 0.351 e. The Morgan fingerprint density at radius 1 is 1.11 bits per heavy atom. The number of aryl methyl sites for hydroxylation is 1. The van der Waals surface area contributed by atoms with Gasteiger partial charge in [-0.05, 0) is 49.4 Å². The molecule has 0 spiro atoms. The molecule has 0 radical (unpaired) electrons. The van der Waals surface area contributed by atoms with Crippen molar-refractivity contribution in [2.45, 2.75) is 43.8 Å². The van der Waals surface area contributed by atoms with Crippen molar-refractivity contribution in [3.63, 3.8) is 0 Å². The second-order valence-electron chi connectivity index (χ2n) is 11.1. The Morgan fingerprint density at radius 3 is 2.43 bits per heavy atom. The van der Waals surface area contributed by atoms with Gasteiger partial charge in [0.25, 0.3) is 11.8 Å². The highest BCUT2D eigenvalue weighted by Gasteiger charge is 2.48. The van der Waals surface area contributed by atoms with Crippen molar-refractivity contribution in [3.05, 3.63) is 89.1 Å². The predicted octanol–water partition coefficient (Wildman–Crippen LogP) is 3.88. The van der Waals surface area contributed by atoms with Crippen LogP contribution in [0, 0.1) is 29.9 Å². The van der Waals surface area contributed by atoms with Crippen LogP contribution in [0.5, 0.6) is 0 Å². The topological polar surface area (TPSA) is 110 Å². The van der Waals surface area contributed by atoms with Crippen LogP contribution in [0.1, 0.15) is 35.6 Å². The number of halogens is 4. The Hall–Kier alpha value is -4.83. The number of nitriles is 1. The van der Waals surface area contributed by atoms with E-state index in [2.05, 4.69) is 10.3 Å². The van der Waals surface area contributed by atoms with E-state index in [1.165, 1.54) is 18.3 Å². The molecule has 9 nitrogen and oxygen atoms in total. The number of nitrogens with zero attached hydrogens (tertiary/aromatic N) is 5. The fraction of sp³-hybridized carbons (Fsp3) is 0.323. The van der Waals surface area contributed by atoms with Crippen LogP contribution in [0.3, 0.4) is 0 Å². The third-order valence-corrected chi connectivity index (χ3v) is 7.67. The molecule has 44 heavy (non-hydrogen) atoms. The molecular weight excluding hydrogens is 580 g/mol. The number of pyridine rings is 1. The number of rotatable bonds is 7. The Bertz CT molecular complexity index is 1630. The van der Waals surface area contributed by atoms with Gasteiger partial charge in [-0.2, -0.15) is 5.26 Å². The lowest BCUT2D eigenvalue weighted by Gasteiger charge is -2.43. The summed E-state index contributed by atoms with van der Waals surface area (Å²) in [5, 5.41) is 12.0. The maximum Gasteiger partial charge on any atom is 0.252 e. The summed E-state index contributed by atoms with van der Waals surface area (Å²) in [6.45, 7) is 1.51. The molecule has 1 N–H and O–H groups in total. The molecule has 1 saturated heterocycles. The van der Waals surface area contributed by atoms with E-state index in [1.54, 1.807) is 43.1 Å². The minimum absolute atomic E-state index is 0.000495. The van der Waals surface area contributed by atoms with Crippen molar-refractivity contribution >= 4 is 29.2 Å². The van der Waals surface area contributed by atoms with Gasteiger partial charge in [-0.15, -0.1) is 0 Å². The molecule has 3 amide bonds. The number of benzene rings is 2. The lowest BCUT2D eigenvalue weighted by Crippen LogP contribution is -2.63. The third kappa shape index (κ3) is 6.26. The number of alkyl halides is 2. The Balaban J connectivity index is 1.66. The number of aromatic nitrogens is 1. The molecule has 2 fully saturated rings. The first-order valence-corrected chi connectivity index (χ1v) is 13.8. The van der Waals surface area contributed by atoms with Crippen molar-refractivity contribution in [2.24, 2.45) is 0 Å². The SMILES string of the molecule is Cc1ccccc1C(C(=O)NC1CC(F)(F)C1)N(C(=O)[C@@H]1CN(C)CC(=O)N1c1cc(C#N)ccn1)c1cc(F)cc(F)c1. The Morgan fingerprint density at radius 2 is 1.80 bits per heavy atom. The minimum Gasteiger partial charge on any atom is -0.351 e. The first-order chi connectivity index (χ1) is 20.9. The summed E-state index contributed by atoms with van der Waals surface area (Å²) in [5.41, 5.74) is 0.666. The summed E-state index contributed by atoms with van der Waals surface area (Å²) in [6, 6.07) is 9.78. The third-order valence-electron chi connectivity index (χ3n) is 7.67. The van der Waals surface area contributed by atoms with E-state index in [-0.39, 0.29) is 35.7 Å². The normalized spacial score (nSPS) is 19.1. The number of nitrogens with one attached hydrogen (secondary N) is 1. The molecule has 0 bridgehead atoms. The van der Waals surface area contributed by atoms with Gasteiger partial charge in [0.15, 0.2) is 0 Å². The van der Waals surface area contributed by atoms with Gasteiger partial charge in [-0.1, -0.05) is 24.3 Å². The second kappa shape index (κ2) is 12.0. The van der Waals surface area contributed by atoms with Gasteiger partial charge >= 0.3 is 0 Å². The van der Waals surface area contributed by atoms with Gasteiger partial charge in [-0.25, -0.2) is 22.5 Å². The van der Waals surface area contributed by atoms with Crippen LogP contribution in [0.4, 0.5) is 29.1 Å². The molecule has 2 heterocycles. The highest BCUT2D eigenvalue weighted by Crippen LogP contribution is 2.39. The molecule has 1 aromatic heterocycles. The lowest BCUT2D eigenvalue weighted by molar-refractivity contribution is -0.133. The number of likely N-dealkylation sites (N-methyl/N-ethyl adjacent to an activating group) is 1. The van der Waals surface area contributed by atoms with E-state index in [1.807, 2.05) is 6.07 Å². The van der Waals surface area contributed by atoms with E-state index >= 15 is 0 Å². The quantitative estimate of drug-likeness (QED) is 0.408. The summed E-state index contributed by atoms with van der Waals surface area (Å²) >= 11 is 0. The number of anilines is 2. The predicted molar refractivity (Wildman–Crippen MR) is 152 cm³/mol. The number of hydrogen-bond donors (Lipinski definition) is 1. The van der Waals surface area contributed by atoms with Crippen LogP contribution >= 0.6 is 0 Å². The van der Waals surface area contributed by atoms with Crippen molar-refractivity contribution < 1.29 is 31.9 Å². The van der Waals surface area contributed by atoms with Crippen LogP contribution in [0.15, 0.2) is 60.8 Å². The molecule has 1 saturated carbocycles. The average Bonchev–Trinajstić information content (AvgIpc) is 2.94. The summed E-state index contributed by atoms with van der Waals surface area (Å²) in [5.74, 6) is -7.28. The Kier molecular flexibility index (Phi) is 8.38. The zero-order valence-corrected chi connectivity index (χ0v) is 23.8. The lowest BCUT2D eigenvalue weighted by atomic mass is 9.87. The van der Waals surface area contributed by atoms with E-state index in [4.69, 9.17) is 0 Å². The molecule has 13 heteroatoms. The van der Waals surface area contributed by atoms with Crippen molar-refractivity contribution in [1.29, 1.82) is 5.26 Å². The first-order valence-electron chi connectivity index (χ1n) is 13.8. The molecule has 1 aliphatic carbocycles. The smallest absolute Gasteiger partial charge is 0.252 e. The van der Waals surface area contributed by atoms with Gasteiger partial charge in [0.2, 0.25) is 11.8 Å². The molecule has 1 aliphatic heterocycles. The van der Waals surface area contributed by atoms with Crippen LogP contribution in [0.2, 0.25) is 0 Å². The minimum atomic E-state index is -2.95. The van der Waals surface area contributed by atoms with E-state index in [0.29, 0.717) is 11.6 Å². The van der Waals surface area contributed by atoms with Crippen LogP contribution < -0.4 is 15.1 Å². The fourth-order valence-electron chi connectivity index (χ4n) is 5.59. The average molecular weight is 609 g/mol. The molecule has 3 aromatic rings. The number of piperazine rings is 1. The highest BCUT2D eigenvalue weighted by molar-refractivity contribution is 6.10. The second-order valence-corrected chi connectivity index (χ2v) is 11.1. The number of carbonyl (C=O) groups is 3. The maximum atomic E-state index is 14.7. The Labute approximate surface area is 250 Å². The van der Waals surface area contributed by atoms with Crippen LogP contribution in [-0.4, -0.2) is 65.7 Å². The highest BCUT2D eigenvalue weighted by atomic mass is 19.3. The van der Waals surface area contributed by atoms with E-state index in [0.717, 1.165) is 21.9 Å². The summed E-state index contributed by atoms with van der Waals surface area (Å²) in [4.78, 5) is 49.8. The van der Waals surface area contributed by atoms with Crippen molar-refractivity contribution in [3.8, 4) is 6.07 Å². The van der Waals surface area contributed by atoms with Gasteiger partial charge in [0.05, 0.1) is 23.9 Å². The monoisotopic (exact) mass is 608 g/mol.